The molecule has 0 bridgehead atoms. The molecule has 1 unspecified atom stereocenters. The number of nitriles is 1. The van der Waals surface area contributed by atoms with Crippen LogP contribution in [0.25, 0.3) is 10.9 Å². The van der Waals surface area contributed by atoms with Crippen LogP contribution in [-0.4, -0.2) is 23.5 Å². The Morgan fingerprint density at radius 3 is 2.73 bits per heavy atom. The first-order valence-corrected chi connectivity index (χ1v) is 8.60. The minimum Gasteiger partial charge on any atom is -0.373 e. The second kappa shape index (κ2) is 6.49. The van der Waals surface area contributed by atoms with Gasteiger partial charge in [0, 0.05) is 23.3 Å². The van der Waals surface area contributed by atoms with Crippen LogP contribution in [0, 0.1) is 18.3 Å². The number of anilines is 2. The van der Waals surface area contributed by atoms with Gasteiger partial charge in [-0.15, -0.1) is 0 Å². The number of fused-ring (bicyclic) bond motifs is 1. The molecule has 0 aliphatic carbocycles. The van der Waals surface area contributed by atoms with Gasteiger partial charge in [-0.25, -0.2) is 4.98 Å². The fraction of sp³-hybridized carbons (Fsp3) is 0.190. The lowest BCUT2D eigenvalue weighted by Crippen LogP contribution is -2.33. The summed E-state index contributed by atoms with van der Waals surface area (Å²) in [6.07, 6.45) is 0.714. The Kier molecular flexibility index (Phi) is 4.02. The van der Waals surface area contributed by atoms with Gasteiger partial charge in [-0.1, -0.05) is 35.9 Å². The lowest BCUT2D eigenvalue weighted by molar-refractivity contribution is -0.117. The van der Waals surface area contributed by atoms with E-state index in [-0.39, 0.29) is 11.9 Å². The van der Waals surface area contributed by atoms with E-state index in [1.807, 2.05) is 60.4 Å². The molecule has 1 fully saturated rings. The molecule has 2 heterocycles. The van der Waals surface area contributed by atoms with Crippen molar-refractivity contribution in [2.24, 2.45) is 0 Å². The van der Waals surface area contributed by atoms with Crippen LogP contribution in [0.5, 0.6) is 0 Å². The van der Waals surface area contributed by atoms with E-state index >= 15 is 0 Å². The molecule has 0 spiro atoms. The first-order valence-electron chi connectivity index (χ1n) is 8.60. The molecule has 1 atom stereocenters. The summed E-state index contributed by atoms with van der Waals surface area (Å²) in [4.78, 5) is 19.0. The van der Waals surface area contributed by atoms with Crippen LogP contribution in [0.2, 0.25) is 0 Å². The minimum atomic E-state index is -0.311. The summed E-state index contributed by atoms with van der Waals surface area (Å²) < 4.78 is 0. The average molecular weight is 342 g/mol. The Balaban J connectivity index is 1.62. The fourth-order valence-corrected chi connectivity index (χ4v) is 3.33. The smallest absolute Gasteiger partial charge is 0.249 e. The quantitative estimate of drug-likeness (QED) is 0.789. The van der Waals surface area contributed by atoms with E-state index in [9.17, 15) is 10.1 Å². The Hall–Kier alpha value is -3.39. The van der Waals surface area contributed by atoms with Gasteiger partial charge in [0.25, 0.3) is 0 Å². The number of carbonyl (C=O) groups excluding carboxylic acids is 1. The number of aromatic nitrogens is 1. The number of amides is 1. The highest BCUT2D eigenvalue weighted by atomic mass is 16.2. The maximum absolute atomic E-state index is 12.9. The van der Waals surface area contributed by atoms with Crippen LogP contribution in [0.3, 0.4) is 0 Å². The first kappa shape index (κ1) is 16.1. The third-order valence-corrected chi connectivity index (χ3v) is 4.71. The molecule has 5 heteroatoms. The number of benzene rings is 2. The Bertz CT molecular complexity index is 1020. The van der Waals surface area contributed by atoms with E-state index in [4.69, 9.17) is 0 Å². The molecular formula is C21H18N4O. The van der Waals surface area contributed by atoms with Gasteiger partial charge in [0.2, 0.25) is 5.91 Å². The molecule has 2 aromatic carbocycles. The summed E-state index contributed by atoms with van der Waals surface area (Å²) in [5, 5.41) is 13.5. The third-order valence-electron chi connectivity index (χ3n) is 4.71. The Labute approximate surface area is 151 Å². The van der Waals surface area contributed by atoms with Gasteiger partial charge < -0.3 is 10.2 Å². The number of carbonyl (C=O) groups is 1. The molecule has 1 saturated heterocycles. The summed E-state index contributed by atoms with van der Waals surface area (Å²) in [7, 11) is 0. The van der Waals surface area contributed by atoms with Crippen molar-refractivity contribution in [3.63, 3.8) is 0 Å². The zero-order chi connectivity index (χ0) is 18.1. The number of nitrogens with one attached hydrogen (secondary N) is 1. The predicted molar refractivity (Wildman–Crippen MR) is 102 cm³/mol. The molecule has 1 aliphatic rings. The largest absolute Gasteiger partial charge is 0.373 e. The number of para-hydroxylation sites is 1. The maximum Gasteiger partial charge on any atom is 0.249 e. The normalized spacial score (nSPS) is 16.7. The van der Waals surface area contributed by atoms with Crippen molar-refractivity contribution in [1.82, 2.24) is 4.98 Å². The molecule has 128 valence electrons. The van der Waals surface area contributed by atoms with E-state index in [1.54, 1.807) is 6.07 Å². The monoisotopic (exact) mass is 342 g/mol. The zero-order valence-electron chi connectivity index (χ0n) is 14.4. The van der Waals surface area contributed by atoms with Crippen LogP contribution in [-0.2, 0) is 4.79 Å². The van der Waals surface area contributed by atoms with Gasteiger partial charge in [-0.05, 0) is 37.6 Å². The van der Waals surface area contributed by atoms with Crippen LogP contribution in [0.15, 0.2) is 54.6 Å². The molecule has 0 saturated carbocycles. The van der Waals surface area contributed by atoms with Gasteiger partial charge >= 0.3 is 0 Å². The van der Waals surface area contributed by atoms with Crippen molar-refractivity contribution in [1.29, 1.82) is 5.26 Å². The lowest BCUT2D eigenvalue weighted by Gasteiger charge is -2.18. The van der Waals surface area contributed by atoms with Gasteiger partial charge in [0.05, 0.1) is 5.52 Å². The van der Waals surface area contributed by atoms with E-state index in [0.29, 0.717) is 18.7 Å². The van der Waals surface area contributed by atoms with Crippen LogP contribution >= 0.6 is 0 Å². The minimum absolute atomic E-state index is 0.0493. The summed E-state index contributed by atoms with van der Waals surface area (Å²) in [6, 6.07) is 19.1. The molecule has 1 aliphatic heterocycles. The molecule has 1 aromatic heterocycles. The van der Waals surface area contributed by atoms with Crippen LogP contribution in [0.1, 0.15) is 17.7 Å². The molecule has 1 amide bonds. The molecule has 3 aromatic rings. The summed E-state index contributed by atoms with van der Waals surface area (Å²) >= 11 is 0. The topological polar surface area (TPSA) is 69.0 Å². The summed E-state index contributed by atoms with van der Waals surface area (Å²) in [5.41, 5.74) is 3.95. The van der Waals surface area contributed by atoms with Gasteiger partial charge in [-0.2, -0.15) is 5.26 Å². The first-order chi connectivity index (χ1) is 12.7. The highest BCUT2D eigenvalue weighted by Crippen LogP contribution is 2.28. The SMILES string of the molecule is Cc1ccc(N2CCC(Nc3cc(C#N)nc4ccccc34)C2=O)cc1. The highest BCUT2D eigenvalue weighted by Gasteiger charge is 2.32. The van der Waals surface area contributed by atoms with E-state index in [1.165, 1.54) is 5.56 Å². The predicted octanol–water partition coefficient (Wildman–Crippen LogP) is 3.63. The van der Waals surface area contributed by atoms with Crippen molar-refractivity contribution >= 4 is 28.2 Å². The zero-order valence-corrected chi connectivity index (χ0v) is 14.4. The van der Waals surface area contributed by atoms with Crippen molar-refractivity contribution in [3.05, 3.63) is 65.9 Å². The van der Waals surface area contributed by atoms with Crippen molar-refractivity contribution < 1.29 is 4.79 Å². The van der Waals surface area contributed by atoms with Crippen molar-refractivity contribution in [2.45, 2.75) is 19.4 Å². The number of hydrogen-bond acceptors (Lipinski definition) is 4. The Morgan fingerprint density at radius 1 is 1.19 bits per heavy atom. The van der Waals surface area contributed by atoms with Crippen LogP contribution < -0.4 is 10.2 Å². The van der Waals surface area contributed by atoms with E-state index in [2.05, 4.69) is 16.4 Å². The molecule has 0 radical (unpaired) electrons. The number of pyridine rings is 1. The number of nitrogens with zero attached hydrogens (tertiary/aromatic N) is 3. The van der Waals surface area contributed by atoms with Gasteiger partial charge in [0.1, 0.15) is 17.8 Å². The third kappa shape index (κ3) is 2.86. The fourth-order valence-electron chi connectivity index (χ4n) is 3.33. The average Bonchev–Trinajstić information content (AvgIpc) is 3.02. The maximum atomic E-state index is 12.9. The molecule has 4 rings (SSSR count). The lowest BCUT2D eigenvalue weighted by atomic mass is 10.1. The number of rotatable bonds is 3. The second-order valence-electron chi connectivity index (χ2n) is 6.50. The highest BCUT2D eigenvalue weighted by molar-refractivity contribution is 6.02. The Morgan fingerprint density at radius 2 is 1.96 bits per heavy atom. The molecular weight excluding hydrogens is 324 g/mol. The van der Waals surface area contributed by atoms with Gasteiger partial charge in [0.15, 0.2) is 0 Å². The second-order valence-corrected chi connectivity index (χ2v) is 6.50. The van der Waals surface area contributed by atoms with Crippen molar-refractivity contribution in [2.75, 3.05) is 16.8 Å². The molecule has 26 heavy (non-hydrogen) atoms. The van der Waals surface area contributed by atoms with Crippen LogP contribution in [0.4, 0.5) is 11.4 Å². The van der Waals surface area contributed by atoms with Gasteiger partial charge in [-0.3, -0.25) is 4.79 Å². The number of hydrogen-bond donors (Lipinski definition) is 1. The van der Waals surface area contributed by atoms with Crippen molar-refractivity contribution in [3.8, 4) is 6.07 Å². The molecule has 1 N–H and O–H groups in total. The summed E-state index contributed by atoms with van der Waals surface area (Å²) in [6.45, 7) is 2.70. The van der Waals surface area contributed by atoms with E-state index < -0.39 is 0 Å². The number of aryl methyl sites for hydroxylation is 1. The standard InChI is InChI=1S/C21H18N4O/c1-14-6-8-16(9-7-14)25-11-10-19(21(25)26)24-20-12-15(13-22)23-18-5-3-2-4-17(18)20/h2-9,12,19H,10-11H2,1H3,(H,23,24). The van der Waals surface area contributed by atoms with E-state index in [0.717, 1.165) is 22.3 Å². The molecule has 5 nitrogen and oxygen atoms in total. The summed E-state index contributed by atoms with van der Waals surface area (Å²) in [5.74, 6) is 0.0493.